The van der Waals surface area contributed by atoms with Crippen molar-refractivity contribution in [3.05, 3.63) is 0 Å². The van der Waals surface area contributed by atoms with Crippen LogP contribution < -0.4 is 11.5 Å². The zero-order valence-corrected chi connectivity index (χ0v) is 10.4. The number of carbonyl (C=O) groups is 1. The highest BCUT2D eigenvalue weighted by Gasteiger charge is 2.09. The lowest BCUT2D eigenvalue weighted by Gasteiger charge is -2.03. The molecule has 0 amide bonds. The van der Waals surface area contributed by atoms with Crippen LogP contribution in [0, 0.1) is 0 Å². The highest BCUT2D eigenvalue weighted by molar-refractivity contribution is 7.79. The van der Waals surface area contributed by atoms with Crippen molar-refractivity contribution in [2.24, 2.45) is 11.5 Å². The molecule has 0 saturated heterocycles. The van der Waals surface area contributed by atoms with Gasteiger partial charge in [0, 0.05) is 0 Å². The molecule has 11 nitrogen and oxygen atoms in total. The molecule has 0 aromatic heterocycles. The van der Waals surface area contributed by atoms with E-state index in [1.54, 1.807) is 0 Å². The molecule has 0 aromatic rings. The Kier molecular flexibility index (Phi) is 27.2. The molecule has 13 N–H and O–H groups in total. The first kappa shape index (κ1) is 30.3. The standard InChI is InChI=1S/C6H14N2O2.H2O4S.3H2O/c7-4-2-1-3-5(8)6(9)10;1-5(2,3)4;;;/h5H,1-4,7-8H2,(H,9,10);(H2,1,2,3,4);3*1H2/t5-;;;;/m0..../s1. The number of nitrogens with two attached hydrogens (primary N) is 2. The lowest BCUT2D eigenvalue weighted by molar-refractivity contribution is -0.138. The lowest BCUT2D eigenvalue weighted by atomic mass is 10.1. The molecule has 18 heavy (non-hydrogen) atoms. The number of unbranched alkanes of at least 4 members (excludes halogenated alkanes) is 1. The van der Waals surface area contributed by atoms with Crippen molar-refractivity contribution in [1.29, 1.82) is 0 Å². The van der Waals surface area contributed by atoms with Crippen LogP contribution in [-0.4, -0.2) is 57.6 Å². The summed E-state index contributed by atoms with van der Waals surface area (Å²) in [6, 6.07) is -0.716. The summed E-state index contributed by atoms with van der Waals surface area (Å²) >= 11 is 0. The molecule has 0 radical (unpaired) electrons. The summed E-state index contributed by atoms with van der Waals surface area (Å²) < 4.78 is 31.6. The average Bonchev–Trinajstić information content (AvgIpc) is 2.01. The van der Waals surface area contributed by atoms with E-state index >= 15 is 0 Å². The van der Waals surface area contributed by atoms with Crippen LogP contribution in [-0.2, 0) is 15.2 Å². The largest absolute Gasteiger partial charge is 0.480 e. The SMILES string of the molecule is NCCCC[C@H](N)C(=O)O.O.O.O.O=S(=O)(O)O. The fourth-order valence-corrected chi connectivity index (χ4v) is 0.632. The van der Waals surface area contributed by atoms with Crippen LogP contribution in [0.2, 0.25) is 0 Å². The molecule has 0 rings (SSSR count). The third-order valence-corrected chi connectivity index (χ3v) is 1.29. The van der Waals surface area contributed by atoms with E-state index in [1.165, 1.54) is 0 Å². The highest BCUT2D eigenvalue weighted by atomic mass is 32.3. The van der Waals surface area contributed by atoms with Crippen LogP contribution in [0.15, 0.2) is 0 Å². The summed E-state index contributed by atoms with van der Waals surface area (Å²) in [6.45, 7) is 0.604. The molecule has 0 unspecified atom stereocenters. The highest BCUT2D eigenvalue weighted by Crippen LogP contribution is 1.96. The second kappa shape index (κ2) is 16.1. The summed E-state index contributed by atoms with van der Waals surface area (Å²) in [5.74, 6) is -0.933. The number of carboxylic acid groups (broad SMARTS) is 1. The molecule has 0 spiro atoms. The fourth-order valence-electron chi connectivity index (χ4n) is 0.632. The van der Waals surface area contributed by atoms with Gasteiger partial charge in [0.1, 0.15) is 6.04 Å². The minimum absolute atomic E-state index is 0. The summed E-state index contributed by atoms with van der Waals surface area (Å²) in [4.78, 5) is 10.1. The van der Waals surface area contributed by atoms with E-state index in [9.17, 15) is 4.79 Å². The molecular weight excluding hydrogens is 276 g/mol. The second-order valence-corrected chi connectivity index (χ2v) is 3.57. The van der Waals surface area contributed by atoms with Crippen LogP contribution in [0.5, 0.6) is 0 Å². The van der Waals surface area contributed by atoms with Gasteiger partial charge < -0.3 is 33.0 Å². The second-order valence-electron chi connectivity index (χ2n) is 2.68. The van der Waals surface area contributed by atoms with Crippen molar-refractivity contribution in [1.82, 2.24) is 0 Å². The van der Waals surface area contributed by atoms with Crippen molar-refractivity contribution < 1.29 is 43.9 Å². The minimum atomic E-state index is -4.67. The van der Waals surface area contributed by atoms with E-state index in [4.69, 9.17) is 34.1 Å². The molecule has 0 heterocycles. The first-order valence-electron chi connectivity index (χ1n) is 4.06. The number of rotatable bonds is 5. The molecule has 0 aliphatic rings. The Bertz CT molecular complexity index is 260. The van der Waals surface area contributed by atoms with Gasteiger partial charge in [-0.05, 0) is 19.4 Å². The number of hydrogen-bond donors (Lipinski definition) is 5. The topological polar surface area (TPSA) is 258 Å². The maximum absolute atomic E-state index is 10.1. The third-order valence-electron chi connectivity index (χ3n) is 1.29. The molecule has 12 heteroatoms. The summed E-state index contributed by atoms with van der Waals surface area (Å²) in [7, 11) is -4.67. The molecule has 0 aromatic carbocycles. The average molecular weight is 298 g/mol. The molecular formula is C6H22N2O9S. The zero-order chi connectivity index (χ0) is 12.5. The van der Waals surface area contributed by atoms with Gasteiger partial charge in [-0.2, -0.15) is 8.42 Å². The van der Waals surface area contributed by atoms with Crippen molar-refractivity contribution in [3.63, 3.8) is 0 Å². The molecule has 0 aliphatic heterocycles. The van der Waals surface area contributed by atoms with Crippen molar-refractivity contribution in [3.8, 4) is 0 Å². The van der Waals surface area contributed by atoms with Crippen molar-refractivity contribution >= 4 is 16.4 Å². The predicted octanol–water partition coefficient (Wildman–Crippen LogP) is -3.60. The molecule has 0 saturated carbocycles. The number of hydrogen-bond acceptors (Lipinski definition) is 5. The molecule has 0 fully saturated rings. The van der Waals surface area contributed by atoms with Crippen LogP contribution >= 0.6 is 0 Å². The third kappa shape index (κ3) is 45.7. The van der Waals surface area contributed by atoms with Gasteiger partial charge in [-0.25, -0.2) is 0 Å². The van der Waals surface area contributed by atoms with E-state index in [0.717, 1.165) is 12.8 Å². The van der Waals surface area contributed by atoms with Gasteiger partial charge in [0.05, 0.1) is 0 Å². The van der Waals surface area contributed by atoms with Gasteiger partial charge in [0.15, 0.2) is 0 Å². The number of aliphatic carboxylic acids is 1. The van der Waals surface area contributed by atoms with Crippen molar-refractivity contribution in [2.45, 2.75) is 25.3 Å². The summed E-state index contributed by atoms with van der Waals surface area (Å²) in [5, 5.41) is 8.33. The van der Waals surface area contributed by atoms with Crippen LogP contribution in [0.1, 0.15) is 19.3 Å². The first-order chi connectivity index (χ1) is 6.68. The Balaban J connectivity index is -0.0000000621. The van der Waals surface area contributed by atoms with Crippen LogP contribution in [0.25, 0.3) is 0 Å². The van der Waals surface area contributed by atoms with Gasteiger partial charge in [0.25, 0.3) is 0 Å². The summed E-state index contributed by atoms with van der Waals surface area (Å²) in [6.07, 6.45) is 2.16. The normalized spacial score (nSPS) is 10.4. The van der Waals surface area contributed by atoms with Gasteiger partial charge >= 0.3 is 16.4 Å². The van der Waals surface area contributed by atoms with Crippen LogP contribution in [0.4, 0.5) is 0 Å². The fraction of sp³-hybridized carbons (Fsp3) is 0.833. The first-order valence-corrected chi connectivity index (χ1v) is 5.46. The van der Waals surface area contributed by atoms with Gasteiger partial charge in [-0.3, -0.25) is 13.9 Å². The molecule has 0 aliphatic carbocycles. The van der Waals surface area contributed by atoms with Gasteiger partial charge in [-0.1, -0.05) is 6.42 Å². The monoisotopic (exact) mass is 298 g/mol. The molecule has 0 bridgehead atoms. The van der Waals surface area contributed by atoms with Gasteiger partial charge in [-0.15, -0.1) is 0 Å². The number of carboxylic acids is 1. The maximum atomic E-state index is 10.1. The Morgan fingerprint density at radius 1 is 1.11 bits per heavy atom. The quantitative estimate of drug-likeness (QED) is 0.249. The van der Waals surface area contributed by atoms with Crippen LogP contribution in [0.3, 0.4) is 0 Å². The summed E-state index contributed by atoms with van der Waals surface area (Å²) in [5.41, 5.74) is 10.4. The Morgan fingerprint density at radius 3 is 1.67 bits per heavy atom. The van der Waals surface area contributed by atoms with E-state index in [0.29, 0.717) is 13.0 Å². The van der Waals surface area contributed by atoms with E-state index in [1.807, 2.05) is 0 Å². The molecule has 116 valence electrons. The Labute approximate surface area is 104 Å². The van der Waals surface area contributed by atoms with E-state index in [2.05, 4.69) is 0 Å². The minimum Gasteiger partial charge on any atom is -0.480 e. The molecule has 1 atom stereocenters. The maximum Gasteiger partial charge on any atom is 0.394 e. The smallest absolute Gasteiger partial charge is 0.394 e. The van der Waals surface area contributed by atoms with E-state index in [-0.39, 0.29) is 16.4 Å². The predicted molar refractivity (Wildman–Crippen MR) is 63.5 cm³/mol. The Morgan fingerprint density at radius 2 is 1.44 bits per heavy atom. The zero-order valence-electron chi connectivity index (χ0n) is 9.54. The Hall–Kier alpha value is -0.860. The van der Waals surface area contributed by atoms with Gasteiger partial charge in [0.2, 0.25) is 0 Å². The lowest BCUT2D eigenvalue weighted by Crippen LogP contribution is -2.29. The van der Waals surface area contributed by atoms with E-state index < -0.39 is 22.4 Å². The van der Waals surface area contributed by atoms with Crippen molar-refractivity contribution in [2.75, 3.05) is 6.54 Å².